The predicted molar refractivity (Wildman–Crippen MR) is 109 cm³/mol. The van der Waals surface area contributed by atoms with Gasteiger partial charge in [0.05, 0.1) is 6.04 Å². The van der Waals surface area contributed by atoms with E-state index in [1.165, 1.54) is 27.2 Å². The lowest BCUT2D eigenvalue weighted by Gasteiger charge is -2.21. The van der Waals surface area contributed by atoms with E-state index in [0.717, 1.165) is 5.04 Å². The van der Waals surface area contributed by atoms with E-state index in [1.54, 1.807) is 11.8 Å². The van der Waals surface area contributed by atoms with Crippen molar-refractivity contribution in [2.45, 2.75) is 13.0 Å². The minimum absolute atomic E-state index is 0.0500. The van der Waals surface area contributed by atoms with Crippen molar-refractivity contribution in [1.29, 1.82) is 0 Å². The van der Waals surface area contributed by atoms with Crippen LogP contribution in [0.15, 0.2) is 96.0 Å². The first-order valence-electron chi connectivity index (χ1n) is 8.44. The molecule has 25 heavy (non-hydrogen) atoms. The molecule has 0 bridgehead atoms. The van der Waals surface area contributed by atoms with E-state index in [9.17, 15) is 0 Å². The van der Waals surface area contributed by atoms with Crippen LogP contribution in [0, 0.1) is 6.92 Å². The molecule has 0 radical (unpaired) electrons. The van der Waals surface area contributed by atoms with Crippen LogP contribution in [-0.4, -0.2) is 5.04 Å². The van der Waals surface area contributed by atoms with Gasteiger partial charge >= 0.3 is 0 Å². The largest absolute Gasteiger partial charge is 0.265 e. The maximum absolute atomic E-state index is 5.03. The van der Waals surface area contributed by atoms with Crippen molar-refractivity contribution in [3.05, 3.63) is 113 Å². The molecule has 1 aliphatic heterocycles. The fourth-order valence-electron chi connectivity index (χ4n) is 2.88. The molecule has 3 aromatic rings. The van der Waals surface area contributed by atoms with Gasteiger partial charge in [0.1, 0.15) is 5.04 Å². The van der Waals surface area contributed by atoms with Crippen molar-refractivity contribution in [2.24, 2.45) is 4.99 Å². The minimum Gasteiger partial charge on any atom is -0.265 e. The van der Waals surface area contributed by atoms with E-state index in [2.05, 4.69) is 91.9 Å². The molecule has 0 fully saturated rings. The normalized spacial score (nSPS) is 16.9. The summed E-state index contributed by atoms with van der Waals surface area (Å²) in [5.41, 5.74) is 4.91. The molecule has 0 amide bonds. The van der Waals surface area contributed by atoms with E-state index < -0.39 is 0 Å². The molecule has 0 N–H and O–H groups in total. The van der Waals surface area contributed by atoms with Crippen molar-refractivity contribution in [2.75, 3.05) is 0 Å². The van der Waals surface area contributed by atoms with Crippen LogP contribution in [0.5, 0.6) is 0 Å². The van der Waals surface area contributed by atoms with Crippen LogP contribution in [0.25, 0.3) is 4.91 Å². The number of thioether (sulfide) groups is 1. The van der Waals surface area contributed by atoms with Gasteiger partial charge in [0.25, 0.3) is 0 Å². The zero-order valence-corrected chi connectivity index (χ0v) is 14.9. The third-order valence-corrected chi connectivity index (χ3v) is 5.40. The van der Waals surface area contributed by atoms with Crippen LogP contribution >= 0.6 is 11.8 Å². The molecular weight excluding hydrogens is 322 g/mol. The highest BCUT2D eigenvalue weighted by Crippen LogP contribution is 2.39. The molecular formula is C23H19NS. The van der Waals surface area contributed by atoms with Gasteiger partial charge in [-0.05, 0) is 24.1 Å². The van der Waals surface area contributed by atoms with Crippen LogP contribution in [-0.2, 0) is 0 Å². The number of rotatable bonds is 3. The van der Waals surface area contributed by atoms with Gasteiger partial charge in [0.2, 0.25) is 0 Å². The molecule has 0 aliphatic carbocycles. The topological polar surface area (TPSA) is 12.4 Å². The van der Waals surface area contributed by atoms with Crippen LogP contribution in [0.3, 0.4) is 0 Å². The molecule has 0 saturated carbocycles. The highest BCUT2D eigenvalue weighted by Gasteiger charge is 2.20. The van der Waals surface area contributed by atoms with Crippen molar-refractivity contribution in [3.63, 3.8) is 0 Å². The molecule has 1 heterocycles. The summed E-state index contributed by atoms with van der Waals surface area (Å²) < 4.78 is 0. The summed E-state index contributed by atoms with van der Waals surface area (Å²) in [7, 11) is 0. The Balaban J connectivity index is 1.77. The fraction of sp³-hybridized carbons (Fsp3) is 0.0870. The van der Waals surface area contributed by atoms with E-state index in [-0.39, 0.29) is 6.04 Å². The number of aliphatic imine (C=N–C) groups is 1. The molecule has 0 spiro atoms. The monoisotopic (exact) mass is 341 g/mol. The number of hydrogen-bond acceptors (Lipinski definition) is 2. The lowest BCUT2D eigenvalue weighted by molar-refractivity contribution is 0.918. The molecule has 3 aromatic carbocycles. The first-order valence-corrected chi connectivity index (χ1v) is 9.26. The molecule has 1 aliphatic rings. The van der Waals surface area contributed by atoms with Gasteiger partial charge in [-0.3, -0.25) is 4.99 Å². The predicted octanol–water partition coefficient (Wildman–Crippen LogP) is 6.27. The second-order valence-electron chi connectivity index (χ2n) is 6.15. The van der Waals surface area contributed by atoms with Crippen LogP contribution < -0.4 is 0 Å². The van der Waals surface area contributed by atoms with Crippen molar-refractivity contribution in [1.82, 2.24) is 0 Å². The lowest BCUT2D eigenvalue weighted by atomic mass is 10.0. The Labute approximate surface area is 153 Å². The fourth-order valence-corrected chi connectivity index (χ4v) is 3.96. The number of aryl methyl sites for hydroxylation is 1. The molecule has 0 aromatic heterocycles. The molecule has 122 valence electrons. The van der Waals surface area contributed by atoms with Gasteiger partial charge in [-0.2, -0.15) is 0 Å². The summed E-state index contributed by atoms with van der Waals surface area (Å²) in [5.74, 6) is 0. The quantitative estimate of drug-likeness (QED) is 0.547. The van der Waals surface area contributed by atoms with E-state index in [1.807, 2.05) is 6.07 Å². The summed E-state index contributed by atoms with van der Waals surface area (Å²) in [6.07, 6.45) is 2.27. The third-order valence-electron chi connectivity index (χ3n) is 4.27. The molecule has 4 rings (SSSR count). The smallest absolute Gasteiger partial charge is 0.104 e. The average Bonchev–Trinajstić information content (AvgIpc) is 2.69. The lowest BCUT2D eigenvalue weighted by Crippen LogP contribution is -2.06. The van der Waals surface area contributed by atoms with Crippen molar-refractivity contribution < 1.29 is 0 Å². The van der Waals surface area contributed by atoms with Gasteiger partial charge in [-0.25, -0.2) is 0 Å². The van der Waals surface area contributed by atoms with Gasteiger partial charge < -0.3 is 0 Å². The molecule has 1 unspecified atom stereocenters. The molecule has 0 saturated heterocycles. The zero-order valence-electron chi connectivity index (χ0n) is 14.1. The van der Waals surface area contributed by atoms with Gasteiger partial charge in [-0.1, -0.05) is 102 Å². The van der Waals surface area contributed by atoms with Crippen LogP contribution in [0.2, 0.25) is 0 Å². The number of benzene rings is 3. The maximum Gasteiger partial charge on any atom is 0.104 e. The minimum atomic E-state index is 0.0500. The zero-order chi connectivity index (χ0) is 17.1. The van der Waals surface area contributed by atoms with Gasteiger partial charge in [0.15, 0.2) is 0 Å². The van der Waals surface area contributed by atoms with E-state index >= 15 is 0 Å². The Hall–Kier alpha value is -2.58. The standard InChI is InChI=1S/C23H19NS/c1-17-12-14-20(15-13-17)23-24-21(18-8-4-2-5-9-18)16-22(25-23)19-10-6-3-7-11-19/h2-16,21H,1H3. The summed E-state index contributed by atoms with van der Waals surface area (Å²) in [6.45, 7) is 2.11. The Bertz CT molecular complexity index is 909. The van der Waals surface area contributed by atoms with Crippen LogP contribution in [0.4, 0.5) is 0 Å². The average molecular weight is 341 g/mol. The molecule has 1 nitrogen and oxygen atoms in total. The second-order valence-corrected chi connectivity index (χ2v) is 7.19. The van der Waals surface area contributed by atoms with E-state index in [0.29, 0.717) is 0 Å². The van der Waals surface area contributed by atoms with Gasteiger partial charge in [0, 0.05) is 10.5 Å². The van der Waals surface area contributed by atoms with E-state index in [4.69, 9.17) is 4.99 Å². The summed E-state index contributed by atoms with van der Waals surface area (Å²) >= 11 is 1.75. The summed E-state index contributed by atoms with van der Waals surface area (Å²) in [5, 5.41) is 1.08. The Morgan fingerprint density at radius 3 is 2.04 bits per heavy atom. The highest BCUT2D eigenvalue weighted by molar-refractivity contribution is 8.22. The second kappa shape index (κ2) is 7.12. The summed E-state index contributed by atoms with van der Waals surface area (Å²) in [6, 6.07) is 29.7. The number of nitrogens with zero attached hydrogens (tertiary/aromatic N) is 1. The third kappa shape index (κ3) is 3.59. The SMILES string of the molecule is Cc1ccc(C2=NC(c3ccccc3)C=C(c3ccccc3)S2)cc1. The number of hydrogen-bond donors (Lipinski definition) is 0. The molecule has 1 atom stereocenters. The maximum atomic E-state index is 5.03. The summed E-state index contributed by atoms with van der Waals surface area (Å²) in [4.78, 5) is 6.29. The highest BCUT2D eigenvalue weighted by atomic mass is 32.2. The van der Waals surface area contributed by atoms with Crippen LogP contribution in [0.1, 0.15) is 28.3 Å². The first kappa shape index (κ1) is 15.9. The molecule has 2 heteroatoms. The van der Waals surface area contributed by atoms with Crippen molar-refractivity contribution in [3.8, 4) is 0 Å². The van der Waals surface area contributed by atoms with Crippen molar-refractivity contribution >= 4 is 21.7 Å². The first-order chi connectivity index (χ1) is 12.3. The Morgan fingerprint density at radius 1 is 0.720 bits per heavy atom. The Kier molecular flexibility index (Phi) is 4.53. The van der Waals surface area contributed by atoms with Gasteiger partial charge in [-0.15, -0.1) is 0 Å². The Morgan fingerprint density at radius 2 is 1.36 bits per heavy atom.